The number of likely N-dealkylation sites (N-methyl/N-ethyl adjacent to an activating group) is 2. The molecule has 0 aromatic heterocycles. The van der Waals surface area contributed by atoms with Crippen molar-refractivity contribution in [2.24, 2.45) is 0 Å². The van der Waals surface area contributed by atoms with E-state index in [-0.39, 0.29) is 0 Å². The van der Waals surface area contributed by atoms with E-state index in [2.05, 4.69) is 49.0 Å². The number of unbranched alkanes of at least 4 members (excludes halogenated alkanes) is 23. The number of rotatable bonds is 32. The SMILES string of the molecule is CCCCCCCCCCCC[N+](C)(C)CC(CCCCCCCC)[N+](C)(C)CCCCCCCCCCCC. The summed E-state index contributed by atoms with van der Waals surface area (Å²) in [4.78, 5) is 0. The molecule has 0 radical (unpaired) electrons. The number of hydrogen-bond donors (Lipinski definition) is 0. The van der Waals surface area contributed by atoms with Crippen molar-refractivity contribution in [3.05, 3.63) is 0 Å². The van der Waals surface area contributed by atoms with Gasteiger partial charge in [0.15, 0.2) is 0 Å². The van der Waals surface area contributed by atoms with Gasteiger partial charge in [0, 0.05) is 6.42 Å². The second-order valence-electron chi connectivity index (χ2n) is 14.9. The fraction of sp³-hybridized carbons (Fsp3) is 1.00. The fourth-order valence-electron chi connectivity index (χ4n) is 6.70. The lowest BCUT2D eigenvalue weighted by Crippen LogP contribution is -2.58. The molecule has 40 heavy (non-hydrogen) atoms. The van der Waals surface area contributed by atoms with Crippen LogP contribution in [0.3, 0.4) is 0 Å². The summed E-state index contributed by atoms with van der Waals surface area (Å²) in [5, 5.41) is 0. The molecule has 0 aromatic carbocycles. The molecule has 2 nitrogen and oxygen atoms in total. The van der Waals surface area contributed by atoms with E-state index in [1.807, 2.05) is 0 Å². The molecule has 0 rings (SSSR count). The van der Waals surface area contributed by atoms with Gasteiger partial charge < -0.3 is 8.97 Å². The second kappa shape index (κ2) is 27.7. The predicted molar refractivity (Wildman–Crippen MR) is 184 cm³/mol. The average Bonchev–Trinajstić information content (AvgIpc) is 2.92. The van der Waals surface area contributed by atoms with Gasteiger partial charge in [-0.15, -0.1) is 0 Å². The van der Waals surface area contributed by atoms with Gasteiger partial charge in [0.25, 0.3) is 0 Å². The van der Waals surface area contributed by atoms with Crippen LogP contribution in [0.1, 0.15) is 194 Å². The molecular weight excluding hydrogens is 484 g/mol. The highest BCUT2D eigenvalue weighted by Crippen LogP contribution is 2.22. The van der Waals surface area contributed by atoms with Crippen molar-refractivity contribution in [3.63, 3.8) is 0 Å². The van der Waals surface area contributed by atoms with E-state index in [1.165, 1.54) is 202 Å². The zero-order valence-electron chi connectivity index (χ0n) is 29.7. The minimum absolute atomic E-state index is 0.808. The van der Waals surface area contributed by atoms with Crippen LogP contribution in [0, 0.1) is 0 Å². The molecule has 0 heterocycles. The zero-order chi connectivity index (χ0) is 29.8. The van der Waals surface area contributed by atoms with E-state index < -0.39 is 0 Å². The van der Waals surface area contributed by atoms with Crippen molar-refractivity contribution in [2.75, 3.05) is 47.8 Å². The second-order valence-corrected chi connectivity index (χ2v) is 14.9. The van der Waals surface area contributed by atoms with Crippen molar-refractivity contribution in [1.82, 2.24) is 0 Å². The van der Waals surface area contributed by atoms with E-state index in [1.54, 1.807) is 0 Å². The quantitative estimate of drug-likeness (QED) is 0.0561. The number of quaternary nitrogens is 2. The first-order valence-electron chi connectivity index (χ1n) is 18.9. The van der Waals surface area contributed by atoms with E-state index in [0.717, 1.165) is 6.04 Å². The maximum absolute atomic E-state index is 2.57. The van der Waals surface area contributed by atoms with Gasteiger partial charge in [-0.1, -0.05) is 156 Å². The van der Waals surface area contributed by atoms with Crippen molar-refractivity contribution < 1.29 is 8.97 Å². The Kier molecular flexibility index (Phi) is 27.7. The maximum atomic E-state index is 2.57. The first kappa shape index (κ1) is 39.9. The highest BCUT2D eigenvalue weighted by atomic mass is 15.4. The van der Waals surface area contributed by atoms with Gasteiger partial charge in [-0.3, -0.25) is 0 Å². The van der Waals surface area contributed by atoms with Gasteiger partial charge in [-0.25, -0.2) is 0 Å². The van der Waals surface area contributed by atoms with Crippen LogP contribution < -0.4 is 0 Å². The third-order valence-corrected chi connectivity index (χ3v) is 9.79. The largest absolute Gasteiger partial charge is 0.324 e. The van der Waals surface area contributed by atoms with Gasteiger partial charge in [-0.2, -0.15) is 0 Å². The van der Waals surface area contributed by atoms with Crippen molar-refractivity contribution >= 4 is 0 Å². The molecule has 0 saturated carbocycles. The van der Waals surface area contributed by atoms with Crippen LogP contribution in [0.4, 0.5) is 0 Å². The Balaban J connectivity index is 4.47. The van der Waals surface area contributed by atoms with Crippen LogP contribution in [0.5, 0.6) is 0 Å². The van der Waals surface area contributed by atoms with Crippen LogP contribution in [-0.2, 0) is 0 Å². The molecule has 0 N–H and O–H groups in total. The molecule has 0 spiro atoms. The van der Waals surface area contributed by atoms with Crippen molar-refractivity contribution in [1.29, 1.82) is 0 Å². The first-order chi connectivity index (χ1) is 19.3. The molecule has 0 fully saturated rings. The molecule has 0 aliphatic heterocycles. The highest BCUT2D eigenvalue weighted by Gasteiger charge is 2.33. The lowest BCUT2D eigenvalue weighted by atomic mass is 10.0. The Morgan fingerprint density at radius 3 is 1.02 bits per heavy atom. The standard InChI is InChI=1S/C38H82N2/c1-8-11-14-17-20-22-24-26-29-32-35-39(4,5)37-38(34-31-28-19-16-13-10-3)40(6,7)36-33-30-27-25-23-21-18-15-12-9-2/h38H,8-37H2,1-7H3/q+2. The summed E-state index contributed by atoms with van der Waals surface area (Å²) in [5.74, 6) is 0. The minimum Gasteiger partial charge on any atom is -0.324 e. The topological polar surface area (TPSA) is 0 Å². The highest BCUT2D eigenvalue weighted by molar-refractivity contribution is 4.61. The minimum atomic E-state index is 0.808. The predicted octanol–water partition coefficient (Wildman–Crippen LogP) is 12.1. The summed E-state index contributed by atoms with van der Waals surface area (Å²) in [6, 6.07) is 0.808. The average molecular weight is 567 g/mol. The molecule has 2 heteroatoms. The summed E-state index contributed by atoms with van der Waals surface area (Å²) in [5.41, 5.74) is 0. The smallest absolute Gasteiger partial charge is 0.138 e. The molecule has 0 amide bonds. The van der Waals surface area contributed by atoms with Crippen LogP contribution in [0.25, 0.3) is 0 Å². The molecule has 0 saturated heterocycles. The van der Waals surface area contributed by atoms with E-state index in [4.69, 9.17) is 0 Å². The molecule has 1 unspecified atom stereocenters. The van der Waals surface area contributed by atoms with Gasteiger partial charge in [0.05, 0.1) is 41.3 Å². The maximum Gasteiger partial charge on any atom is 0.138 e. The molecule has 242 valence electrons. The third kappa shape index (κ3) is 25.6. The Hall–Kier alpha value is -0.0800. The zero-order valence-corrected chi connectivity index (χ0v) is 29.7. The first-order valence-corrected chi connectivity index (χ1v) is 18.9. The van der Waals surface area contributed by atoms with Crippen molar-refractivity contribution in [3.8, 4) is 0 Å². The normalized spacial score (nSPS) is 13.3. The Labute approximate surface area is 256 Å². The van der Waals surface area contributed by atoms with Crippen LogP contribution >= 0.6 is 0 Å². The van der Waals surface area contributed by atoms with Gasteiger partial charge in [-0.05, 0) is 32.1 Å². The Morgan fingerprint density at radius 2 is 0.650 bits per heavy atom. The summed E-state index contributed by atoms with van der Waals surface area (Å²) >= 11 is 0. The number of nitrogens with zero attached hydrogens (tertiary/aromatic N) is 2. The summed E-state index contributed by atoms with van der Waals surface area (Å²) in [6.45, 7) is 11.1. The molecule has 0 aliphatic rings. The molecule has 0 aromatic rings. The number of hydrogen-bond acceptors (Lipinski definition) is 0. The monoisotopic (exact) mass is 567 g/mol. The van der Waals surface area contributed by atoms with Crippen LogP contribution in [-0.4, -0.2) is 62.8 Å². The molecule has 0 aliphatic carbocycles. The molecule has 1 atom stereocenters. The lowest BCUT2D eigenvalue weighted by molar-refractivity contribution is -0.965. The van der Waals surface area contributed by atoms with Crippen LogP contribution in [0.15, 0.2) is 0 Å². The van der Waals surface area contributed by atoms with Crippen LogP contribution in [0.2, 0.25) is 0 Å². The summed E-state index contributed by atoms with van der Waals surface area (Å²) < 4.78 is 2.46. The van der Waals surface area contributed by atoms with E-state index in [0.29, 0.717) is 0 Å². The van der Waals surface area contributed by atoms with Gasteiger partial charge in [0.1, 0.15) is 12.6 Å². The van der Waals surface area contributed by atoms with E-state index in [9.17, 15) is 0 Å². The van der Waals surface area contributed by atoms with Gasteiger partial charge >= 0.3 is 0 Å². The Bertz CT molecular complexity index is 498. The van der Waals surface area contributed by atoms with Crippen molar-refractivity contribution in [2.45, 2.75) is 200 Å². The molecular formula is C38H82N2+2. The van der Waals surface area contributed by atoms with Gasteiger partial charge in [0.2, 0.25) is 0 Å². The Morgan fingerprint density at radius 1 is 0.350 bits per heavy atom. The summed E-state index contributed by atoms with van der Waals surface area (Å²) in [7, 11) is 10.2. The van der Waals surface area contributed by atoms with E-state index >= 15 is 0 Å². The summed E-state index contributed by atoms with van der Waals surface area (Å²) in [6.07, 6.45) is 38.8. The molecule has 0 bridgehead atoms. The lowest BCUT2D eigenvalue weighted by Gasteiger charge is -2.42. The third-order valence-electron chi connectivity index (χ3n) is 9.79. The fourth-order valence-corrected chi connectivity index (χ4v) is 6.70.